The molecular weight excluding hydrogens is 305 g/mol. The Morgan fingerprint density at radius 1 is 1.21 bits per heavy atom. The predicted molar refractivity (Wildman–Crippen MR) is 92.2 cm³/mol. The molecule has 1 aromatic heterocycles. The molecule has 0 aliphatic heterocycles. The number of rotatable bonds is 6. The molecule has 0 spiro atoms. The summed E-state index contributed by atoms with van der Waals surface area (Å²) in [6, 6.07) is 10.3. The van der Waals surface area contributed by atoms with Crippen molar-refractivity contribution in [2.45, 2.75) is 25.7 Å². The highest BCUT2D eigenvalue weighted by molar-refractivity contribution is 5.93. The molecule has 5 heteroatoms. The van der Waals surface area contributed by atoms with E-state index in [-0.39, 0.29) is 17.1 Å². The van der Waals surface area contributed by atoms with E-state index in [2.05, 4.69) is 15.6 Å². The second kappa shape index (κ2) is 6.23. The summed E-state index contributed by atoms with van der Waals surface area (Å²) in [7, 11) is 0. The maximum absolute atomic E-state index is 14.2. The number of nitrogens with one attached hydrogen (secondary N) is 2. The third-order valence-electron chi connectivity index (χ3n) is 4.86. The number of nitrogens with zero attached hydrogens (tertiary/aromatic N) is 1. The molecule has 4 nitrogen and oxygen atoms in total. The summed E-state index contributed by atoms with van der Waals surface area (Å²) in [5.74, 6) is -0.419. The molecule has 0 bridgehead atoms. The molecular formula is C19H22FN3O. The van der Waals surface area contributed by atoms with Crippen molar-refractivity contribution in [3.05, 3.63) is 60.2 Å². The zero-order valence-electron chi connectivity index (χ0n) is 14.0. The molecule has 126 valence electrons. The van der Waals surface area contributed by atoms with Crippen molar-refractivity contribution >= 4 is 11.6 Å². The lowest BCUT2D eigenvalue weighted by Gasteiger charge is -2.21. The van der Waals surface area contributed by atoms with Gasteiger partial charge in [0.25, 0.3) is 0 Å². The Balaban J connectivity index is 1.63. The van der Waals surface area contributed by atoms with E-state index in [1.165, 1.54) is 6.07 Å². The van der Waals surface area contributed by atoms with Crippen LogP contribution in [-0.2, 0) is 10.2 Å². The average Bonchev–Trinajstić information content (AvgIpc) is 3.16. The summed E-state index contributed by atoms with van der Waals surface area (Å²) in [6.45, 7) is 5.07. The van der Waals surface area contributed by atoms with Gasteiger partial charge in [0.15, 0.2) is 0 Å². The van der Waals surface area contributed by atoms with Gasteiger partial charge in [-0.3, -0.25) is 9.78 Å². The zero-order valence-corrected chi connectivity index (χ0v) is 14.0. The molecule has 1 atom stereocenters. The van der Waals surface area contributed by atoms with Gasteiger partial charge >= 0.3 is 0 Å². The maximum atomic E-state index is 14.2. The SMILES string of the molecule is CC1(C)C[C@@]1(C(=O)NCCNc1cccnc1)c1ccccc1F. The molecule has 1 aromatic carbocycles. The molecule has 1 amide bonds. The van der Waals surface area contributed by atoms with Crippen LogP contribution in [0.5, 0.6) is 0 Å². The van der Waals surface area contributed by atoms with E-state index in [0.717, 1.165) is 5.69 Å². The minimum absolute atomic E-state index is 0.106. The van der Waals surface area contributed by atoms with E-state index in [4.69, 9.17) is 0 Å². The molecule has 1 aliphatic carbocycles. The molecule has 1 fully saturated rings. The first-order valence-electron chi connectivity index (χ1n) is 8.15. The number of benzene rings is 1. The monoisotopic (exact) mass is 327 g/mol. The molecule has 2 N–H and O–H groups in total. The summed E-state index contributed by atoms with van der Waals surface area (Å²) in [5.41, 5.74) is 0.387. The maximum Gasteiger partial charge on any atom is 0.231 e. The van der Waals surface area contributed by atoms with Crippen molar-refractivity contribution in [3.8, 4) is 0 Å². The Morgan fingerprint density at radius 3 is 2.58 bits per heavy atom. The van der Waals surface area contributed by atoms with Gasteiger partial charge in [0.05, 0.1) is 11.1 Å². The number of amides is 1. The molecule has 3 rings (SSSR count). The smallest absolute Gasteiger partial charge is 0.231 e. The molecule has 0 saturated heterocycles. The van der Waals surface area contributed by atoms with Crippen molar-refractivity contribution in [2.75, 3.05) is 18.4 Å². The Kier molecular flexibility index (Phi) is 4.26. The molecule has 1 saturated carbocycles. The van der Waals surface area contributed by atoms with E-state index in [0.29, 0.717) is 25.1 Å². The molecule has 2 aromatic rings. The number of anilines is 1. The summed E-state index contributed by atoms with van der Waals surface area (Å²) >= 11 is 0. The topological polar surface area (TPSA) is 54.0 Å². The standard InChI is InChI=1S/C19H22FN3O/c1-18(2)13-19(18,15-7-3-4-8-16(15)20)17(24)23-11-10-22-14-6-5-9-21-12-14/h3-9,12,22H,10-11,13H2,1-2H3,(H,23,24)/t19-/m0/s1. The number of carbonyl (C=O) groups is 1. The van der Waals surface area contributed by atoms with Crippen molar-refractivity contribution in [2.24, 2.45) is 5.41 Å². The van der Waals surface area contributed by atoms with E-state index in [1.807, 2.05) is 26.0 Å². The third kappa shape index (κ3) is 2.86. The molecule has 24 heavy (non-hydrogen) atoms. The average molecular weight is 327 g/mol. The number of hydrogen-bond donors (Lipinski definition) is 2. The van der Waals surface area contributed by atoms with Gasteiger partial charge in [0.2, 0.25) is 5.91 Å². The van der Waals surface area contributed by atoms with Gasteiger partial charge in [0.1, 0.15) is 5.82 Å². The largest absolute Gasteiger partial charge is 0.382 e. The van der Waals surface area contributed by atoms with Crippen LogP contribution < -0.4 is 10.6 Å². The van der Waals surface area contributed by atoms with Crippen molar-refractivity contribution in [1.82, 2.24) is 10.3 Å². The first kappa shape index (κ1) is 16.4. The van der Waals surface area contributed by atoms with Crippen LogP contribution in [0.3, 0.4) is 0 Å². The first-order chi connectivity index (χ1) is 11.5. The fourth-order valence-corrected chi connectivity index (χ4v) is 3.40. The second-order valence-corrected chi connectivity index (χ2v) is 6.87. The van der Waals surface area contributed by atoms with E-state index in [9.17, 15) is 9.18 Å². The first-order valence-corrected chi connectivity index (χ1v) is 8.15. The molecule has 1 heterocycles. The third-order valence-corrected chi connectivity index (χ3v) is 4.86. The lowest BCUT2D eigenvalue weighted by Crippen LogP contribution is -2.40. The van der Waals surface area contributed by atoms with Gasteiger partial charge in [-0.2, -0.15) is 0 Å². The van der Waals surface area contributed by atoms with Crippen LogP contribution >= 0.6 is 0 Å². The number of pyridine rings is 1. The lowest BCUT2D eigenvalue weighted by molar-refractivity contribution is -0.124. The van der Waals surface area contributed by atoms with Crippen LogP contribution in [-0.4, -0.2) is 24.0 Å². The summed E-state index contributed by atoms with van der Waals surface area (Å²) in [4.78, 5) is 16.8. The quantitative estimate of drug-likeness (QED) is 0.802. The fraction of sp³-hybridized carbons (Fsp3) is 0.368. The number of hydrogen-bond acceptors (Lipinski definition) is 3. The number of carbonyl (C=O) groups excluding carboxylic acids is 1. The fourth-order valence-electron chi connectivity index (χ4n) is 3.40. The van der Waals surface area contributed by atoms with E-state index >= 15 is 0 Å². The van der Waals surface area contributed by atoms with Crippen molar-refractivity contribution in [3.63, 3.8) is 0 Å². The summed E-state index contributed by atoms with van der Waals surface area (Å²) in [5, 5.41) is 6.14. The Labute approximate surface area is 141 Å². The number of aromatic nitrogens is 1. The Bertz CT molecular complexity index is 732. The highest BCUT2D eigenvalue weighted by atomic mass is 19.1. The van der Waals surface area contributed by atoms with Gasteiger partial charge in [-0.15, -0.1) is 0 Å². The Morgan fingerprint density at radius 2 is 1.96 bits per heavy atom. The van der Waals surface area contributed by atoms with Gasteiger partial charge in [0, 0.05) is 31.0 Å². The van der Waals surface area contributed by atoms with Crippen LogP contribution in [0.4, 0.5) is 10.1 Å². The van der Waals surface area contributed by atoms with Crippen LogP contribution in [0.15, 0.2) is 48.8 Å². The lowest BCUT2D eigenvalue weighted by atomic mass is 9.86. The van der Waals surface area contributed by atoms with Crippen LogP contribution in [0, 0.1) is 11.2 Å². The molecule has 1 aliphatic rings. The second-order valence-electron chi connectivity index (χ2n) is 6.87. The van der Waals surface area contributed by atoms with Crippen LogP contribution in [0.25, 0.3) is 0 Å². The van der Waals surface area contributed by atoms with E-state index < -0.39 is 5.41 Å². The highest BCUT2D eigenvalue weighted by Gasteiger charge is 2.67. The van der Waals surface area contributed by atoms with Crippen molar-refractivity contribution in [1.29, 1.82) is 0 Å². The minimum Gasteiger partial charge on any atom is -0.382 e. The molecule has 0 unspecified atom stereocenters. The summed E-state index contributed by atoms with van der Waals surface area (Å²) < 4.78 is 14.2. The predicted octanol–water partition coefficient (Wildman–Crippen LogP) is 3.12. The van der Waals surface area contributed by atoms with Gasteiger partial charge in [-0.05, 0) is 30.0 Å². The van der Waals surface area contributed by atoms with Crippen molar-refractivity contribution < 1.29 is 9.18 Å². The minimum atomic E-state index is -0.771. The normalized spacial score (nSPS) is 21.1. The van der Waals surface area contributed by atoms with Crippen LogP contribution in [0.2, 0.25) is 0 Å². The zero-order chi connectivity index (χ0) is 17.2. The summed E-state index contributed by atoms with van der Waals surface area (Å²) in [6.07, 6.45) is 4.09. The highest BCUT2D eigenvalue weighted by Crippen LogP contribution is 2.64. The van der Waals surface area contributed by atoms with Gasteiger partial charge in [-0.1, -0.05) is 32.0 Å². The van der Waals surface area contributed by atoms with Gasteiger partial charge in [-0.25, -0.2) is 4.39 Å². The Hall–Kier alpha value is -2.43. The molecule has 0 radical (unpaired) electrons. The van der Waals surface area contributed by atoms with E-state index in [1.54, 1.807) is 30.6 Å². The van der Waals surface area contributed by atoms with Crippen LogP contribution in [0.1, 0.15) is 25.8 Å². The number of halogens is 1. The van der Waals surface area contributed by atoms with Gasteiger partial charge < -0.3 is 10.6 Å².